The van der Waals surface area contributed by atoms with Crippen LogP contribution in [0.2, 0.25) is 0 Å². The molecule has 0 N–H and O–H groups in total. The van der Waals surface area contributed by atoms with Gasteiger partial charge >= 0.3 is 236 Å². The summed E-state index contributed by atoms with van der Waals surface area (Å²) >= 11 is 1.49. The fraction of sp³-hybridized carbons (Fsp3) is 0.0571. The van der Waals surface area contributed by atoms with Crippen LogP contribution in [0.5, 0.6) is 0 Å². The maximum absolute atomic E-state index is 2.42. The Hall–Kier alpha value is -2.61. The van der Waals surface area contributed by atoms with Gasteiger partial charge in [-0.2, -0.15) is 0 Å². The Morgan fingerprint density at radius 1 is 0.538 bits per heavy atom. The van der Waals surface area contributed by atoms with E-state index in [2.05, 4.69) is 134 Å². The van der Waals surface area contributed by atoms with Crippen molar-refractivity contribution >= 4 is 27.6 Å². The number of fused-ring (bicyclic) bond motifs is 4. The van der Waals surface area contributed by atoms with E-state index in [4.69, 9.17) is 0 Å². The summed E-state index contributed by atoms with van der Waals surface area (Å²) in [6, 6.07) is 47.5. The Morgan fingerprint density at radius 2 is 1.00 bits per heavy atom. The second-order valence-corrected chi connectivity index (χ2v) is 13.5. The van der Waals surface area contributed by atoms with Gasteiger partial charge in [-0.3, -0.25) is 0 Å². The summed E-state index contributed by atoms with van der Waals surface area (Å²) in [5.41, 5.74) is 10.1. The fourth-order valence-electron chi connectivity index (χ4n) is 6.30. The van der Waals surface area contributed by atoms with Crippen LogP contribution in [0.4, 0.5) is 0 Å². The van der Waals surface area contributed by atoms with Crippen molar-refractivity contribution in [2.24, 2.45) is 0 Å². The molecule has 0 saturated carbocycles. The molecule has 0 saturated heterocycles. The third-order valence-corrected chi connectivity index (χ3v) is 12.3. The molecular formula is C35H25Cl2SiZr. The minimum absolute atomic E-state index is 0. The Kier molecular flexibility index (Phi) is 8.22. The molecule has 0 radical (unpaired) electrons. The van der Waals surface area contributed by atoms with Crippen LogP contribution in [-0.2, 0) is 24.7 Å². The van der Waals surface area contributed by atoms with E-state index in [-0.39, 0.29) is 30.7 Å². The van der Waals surface area contributed by atoms with Crippen molar-refractivity contribution in [3.8, 4) is 11.1 Å². The second-order valence-electron chi connectivity index (χ2n) is 9.86. The maximum atomic E-state index is 2.42. The van der Waals surface area contributed by atoms with Crippen LogP contribution < -0.4 is 40.4 Å². The molecule has 2 aliphatic carbocycles. The summed E-state index contributed by atoms with van der Waals surface area (Å²) < 4.78 is 1.50. The smallest absolute Gasteiger partial charge is 1.00 e. The van der Waals surface area contributed by atoms with Gasteiger partial charge < -0.3 is 24.8 Å². The van der Waals surface area contributed by atoms with E-state index in [1.165, 1.54) is 87.4 Å². The monoisotopic (exact) mass is 633 g/mol. The van der Waals surface area contributed by atoms with Crippen LogP contribution in [-0.4, -0.2) is 8.41 Å². The molecule has 5 aromatic rings. The predicted octanol–water partition coefficient (Wildman–Crippen LogP) is 0.0910. The van der Waals surface area contributed by atoms with E-state index in [1.54, 1.807) is 0 Å². The third-order valence-electron chi connectivity index (χ3n) is 7.90. The van der Waals surface area contributed by atoms with E-state index in [0.29, 0.717) is 0 Å². The number of rotatable bonds is 3. The molecule has 0 fully saturated rings. The predicted molar refractivity (Wildman–Crippen MR) is 153 cm³/mol. The van der Waals surface area contributed by atoms with Gasteiger partial charge in [0.25, 0.3) is 0 Å². The normalized spacial score (nSPS) is 13.3. The van der Waals surface area contributed by atoms with Crippen LogP contribution >= 0.6 is 0 Å². The van der Waals surface area contributed by atoms with Gasteiger partial charge in [0.1, 0.15) is 0 Å². The van der Waals surface area contributed by atoms with Crippen LogP contribution in [0.3, 0.4) is 0 Å². The Labute approximate surface area is 259 Å². The van der Waals surface area contributed by atoms with E-state index in [1.807, 2.05) is 0 Å². The molecular weight excluding hydrogens is 611 g/mol. The summed E-state index contributed by atoms with van der Waals surface area (Å²) in [5, 5.41) is 4.37. The van der Waals surface area contributed by atoms with Crippen LogP contribution in [0.1, 0.15) is 29.5 Å². The zero-order valence-corrected chi connectivity index (χ0v) is 26.4. The number of hydrogen-bond acceptors (Lipinski definition) is 0. The first kappa shape index (κ1) is 27.9. The quantitative estimate of drug-likeness (QED) is 0.247. The Morgan fingerprint density at radius 3 is 1.54 bits per heavy atom. The first-order chi connectivity index (χ1) is 18.2. The van der Waals surface area contributed by atoms with Gasteiger partial charge in [0.2, 0.25) is 0 Å². The van der Waals surface area contributed by atoms with Crippen LogP contribution in [0.25, 0.3) is 20.0 Å². The zero-order chi connectivity index (χ0) is 24.9. The Bertz CT molecular complexity index is 1760. The van der Waals surface area contributed by atoms with Crippen molar-refractivity contribution in [1.82, 2.24) is 0 Å². The van der Waals surface area contributed by atoms with Gasteiger partial charge in [0.05, 0.1) is 0 Å². The summed E-state index contributed by atoms with van der Waals surface area (Å²) in [6.07, 6.45) is 0. The molecule has 7 rings (SSSR count). The third kappa shape index (κ3) is 4.52. The minimum atomic E-state index is -1.20. The summed E-state index contributed by atoms with van der Waals surface area (Å²) in [7, 11) is -1.20. The first-order valence-corrected chi connectivity index (χ1v) is 15.6. The minimum Gasteiger partial charge on any atom is -1.00 e. The van der Waals surface area contributed by atoms with E-state index in [9.17, 15) is 0 Å². The van der Waals surface area contributed by atoms with Crippen molar-refractivity contribution in [2.75, 3.05) is 0 Å². The average Bonchev–Trinajstić information content (AvgIpc) is 3.41. The van der Waals surface area contributed by atoms with Crippen molar-refractivity contribution in [3.63, 3.8) is 0 Å². The molecule has 0 aromatic heterocycles. The van der Waals surface area contributed by atoms with Crippen molar-refractivity contribution < 1.29 is 49.5 Å². The maximum Gasteiger partial charge on any atom is -1.00 e. The number of benzene rings is 5. The second kappa shape index (κ2) is 11.5. The van der Waals surface area contributed by atoms with Crippen molar-refractivity contribution in [3.05, 3.63) is 160 Å². The molecule has 0 bridgehead atoms. The van der Waals surface area contributed by atoms with Crippen molar-refractivity contribution in [2.45, 2.75) is 12.8 Å². The number of allylic oxidation sites excluding steroid dienone is 1. The fourth-order valence-corrected chi connectivity index (χ4v) is 9.93. The molecule has 39 heavy (non-hydrogen) atoms. The molecule has 2 aliphatic rings. The van der Waals surface area contributed by atoms with Gasteiger partial charge in [-0.25, -0.2) is 0 Å². The summed E-state index contributed by atoms with van der Waals surface area (Å²) in [4.78, 5) is 1.51. The largest absolute Gasteiger partial charge is 1.00 e. The van der Waals surface area contributed by atoms with Gasteiger partial charge in [-0.05, 0) is 0 Å². The molecule has 187 valence electrons. The summed E-state index contributed by atoms with van der Waals surface area (Å²) in [5.74, 6) is 0.264. The van der Waals surface area contributed by atoms with E-state index >= 15 is 0 Å². The molecule has 4 heteroatoms. The molecule has 0 atom stereocenters. The van der Waals surface area contributed by atoms with Gasteiger partial charge in [-0.15, -0.1) is 0 Å². The van der Waals surface area contributed by atoms with Gasteiger partial charge in [0.15, 0.2) is 0 Å². The van der Waals surface area contributed by atoms with Gasteiger partial charge in [-0.1, -0.05) is 0 Å². The number of halogens is 2. The molecule has 0 aliphatic heterocycles. The molecule has 0 nitrogen and oxygen atoms in total. The van der Waals surface area contributed by atoms with Gasteiger partial charge in [0, 0.05) is 0 Å². The Balaban J connectivity index is 0.00000154. The van der Waals surface area contributed by atoms with Crippen LogP contribution in [0.15, 0.2) is 133 Å². The molecule has 0 amide bonds. The first-order valence-electron chi connectivity index (χ1n) is 12.8. The summed E-state index contributed by atoms with van der Waals surface area (Å²) in [6.45, 7) is 2.37. The van der Waals surface area contributed by atoms with Crippen LogP contribution in [0, 0.1) is 4.81 Å². The zero-order valence-electron chi connectivity index (χ0n) is 21.5. The molecule has 0 heterocycles. The molecule has 0 unspecified atom stereocenters. The van der Waals surface area contributed by atoms with E-state index < -0.39 is 8.41 Å². The number of hydrogen-bond donors (Lipinski definition) is 0. The average molecular weight is 636 g/mol. The standard InChI is InChI=1S/C35H25Si.2ClH.Zr/c1-24-23-25-13-12-22-32(36(26-14-4-2-5-15-26)27-16-6-3-7-17-27)34(25)33(24)35-30-20-10-8-18-28(30)29-19-9-11-21-31(29)35;;;/h2-22,35H,1H3;2*1H;/q;;;+2/p-2. The molecule has 5 aromatic carbocycles. The topological polar surface area (TPSA) is 0 Å². The molecule has 0 spiro atoms. The van der Waals surface area contributed by atoms with E-state index in [0.717, 1.165) is 0 Å². The van der Waals surface area contributed by atoms with Crippen molar-refractivity contribution in [1.29, 1.82) is 0 Å². The SMILES string of the molecule is CC1=[C]([Zr+2])c2cccc(=[Si](c3ccccc3)c3ccccc3)c2=C1C1c2ccccc2-c2ccccc21.[Cl-].[Cl-].